The molecule has 0 unspecified atom stereocenters. The minimum absolute atomic E-state index is 0.0568. The second-order valence-electron chi connectivity index (χ2n) is 6.24. The van der Waals surface area contributed by atoms with E-state index in [4.69, 9.17) is 21.1 Å². The van der Waals surface area contributed by atoms with Crippen LogP contribution in [-0.4, -0.2) is 28.0 Å². The number of benzene rings is 2. The molecule has 2 aromatic carbocycles. The smallest absolute Gasteiger partial charge is 0.231 e. The highest BCUT2D eigenvalue weighted by Gasteiger charge is 2.14. The van der Waals surface area contributed by atoms with E-state index in [0.717, 1.165) is 27.7 Å². The first kappa shape index (κ1) is 18.7. The van der Waals surface area contributed by atoms with E-state index < -0.39 is 0 Å². The Morgan fingerprint density at radius 3 is 2.82 bits per heavy atom. The van der Waals surface area contributed by atoms with Gasteiger partial charge in [0.05, 0.1) is 17.6 Å². The van der Waals surface area contributed by atoms with Gasteiger partial charge in [0.15, 0.2) is 16.7 Å². The van der Waals surface area contributed by atoms with Gasteiger partial charge >= 0.3 is 0 Å². The molecule has 0 atom stereocenters. The monoisotopic (exact) mass is 415 g/mol. The highest BCUT2D eigenvalue weighted by atomic mass is 35.5. The number of hydrogen-bond acceptors (Lipinski definition) is 5. The van der Waals surface area contributed by atoms with Crippen LogP contribution in [0, 0.1) is 0 Å². The molecule has 6 nitrogen and oxygen atoms in total. The quantitative estimate of drug-likeness (QED) is 0.619. The molecule has 0 fully saturated rings. The van der Waals surface area contributed by atoms with E-state index in [1.54, 1.807) is 6.20 Å². The molecule has 0 saturated carbocycles. The Labute approximate surface area is 171 Å². The van der Waals surface area contributed by atoms with Crippen molar-refractivity contribution in [2.75, 3.05) is 12.5 Å². The fourth-order valence-corrected chi connectivity index (χ4v) is 3.76. The third-order valence-electron chi connectivity index (χ3n) is 4.34. The van der Waals surface area contributed by atoms with E-state index in [1.807, 2.05) is 54.1 Å². The predicted molar refractivity (Wildman–Crippen MR) is 109 cm³/mol. The van der Waals surface area contributed by atoms with Crippen molar-refractivity contribution in [2.24, 2.45) is 7.05 Å². The van der Waals surface area contributed by atoms with Gasteiger partial charge in [0.2, 0.25) is 12.7 Å². The van der Waals surface area contributed by atoms with Gasteiger partial charge in [0.1, 0.15) is 0 Å². The van der Waals surface area contributed by atoms with Crippen LogP contribution in [-0.2, 0) is 18.4 Å². The van der Waals surface area contributed by atoms with Gasteiger partial charge < -0.3 is 19.4 Å². The molecule has 1 amide bonds. The van der Waals surface area contributed by atoms with E-state index in [9.17, 15) is 4.79 Å². The molecule has 3 aromatic rings. The van der Waals surface area contributed by atoms with E-state index in [2.05, 4.69) is 10.3 Å². The summed E-state index contributed by atoms with van der Waals surface area (Å²) in [4.78, 5) is 16.6. The number of carbonyl (C=O) groups excluding carboxylic acids is 1. The molecule has 4 rings (SSSR count). The van der Waals surface area contributed by atoms with E-state index in [1.165, 1.54) is 11.8 Å². The Hall–Kier alpha value is -2.64. The summed E-state index contributed by atoms with van der Waals surface area (Å²) in [6.07, 6.45) is 1.80. The van der Waals surface area contributed by atoms with Gasteiger partial charge in [-0.05, 0) is 35.4 Å². The molecule has 144 valence electrons. The Balaban J connectivity index is 1.32. The number of nitrogens with one attached hydrogen (secondary N) is 1. The summed E-state index contributed by atoms with van der Waals surface area (Å²) in [7, 11) is 1.93. The zero-order valence-corrected chi connectivity index (χ0v) is 16.7. The van der Waals surface area contributed by atoms with Gasteiger partial charge in [0, 0.05) is 18.6 Å². The zero-order chi connectivity index (χ0) is 19.5. The average molecular weight is 416 g/mol. The number of amides is 1. The summed E-state index contributed by atoms with van der Waals surface area (Å²) in [5, 5.41) is 4.39. The van der Waals surface area contributed by atoms with Crippen molar-refractivity contribution in [1.29, 1.82) is 0 Å². The van der Waals surface area contributed by atoms with Crippen LogP contribution in [0.3, 0.4) is 0 Å². The molecule has 0 aliphatic carbocycles. The number of carbonyl (C=O) groups is 1. The number of imidazole rings is 1. The fourth-order valence-electron chi connectivity index (χ4n) is 2.85. The van der Waals surface area contributed by atoms with Crippen LogP contribution >= 0.6 is 23.4 Å². The molecule has 1 N–H and O–H groups in total. The number of hydrogen-bond donors (Lipinski definition) is 1. The highest BCUT2D eigenvalue weighted by Crippen LogP contribution is 2.32. The SMILES string of the molecule is Cn1c(-c2ccc(Cl)cc2)cnc1SCC(=O)NCc1ccc2c(c1)OCO2. The Morgan fingerprint density at radius 1 is 1.21 bits per heavy atom. The Morgan fingerprint density at radius 2 is 2.00 bits per heavy atom. The molecule has 1 aliphatic rings. The largest absolute Gasteiger partial charge is 0.454 e. The van der Waals surface area contributed by atoms with Gasteiger partial charge in [-0.1, -0.05) is 41.6 Å². The van der Waals surface area contributed by atoms with Crippen LogP contribution in [0.15, 0.2) is 53.8 Å². The lowest BCUT2D eigenvalue weighted by atomic mass is 10.2. The molecular formula is C20H18ClN3O3S. The summed E-state index contributed by atoms with van der Waals surface area (Å²) in [6, 6.07) is 13.2. The second kappa shape index (κ2) is 8.16. The second-order valence-corrected chi connectivity index (χ2v) is 7.62. The molecule has 8 heteroatoms. The van der Waals surface area contributed by atoms with Crippen LogP contribution in [0.1, 0.15) is 5.56 Å². The van der Waals surface area contributed by atoms with Crippen molar-refractivity contribution in [1.82, 2.24) is 14.9 Å². The zero-order valence-electron chi connectivity index (χ0n) is 15.1. The van der Waals surface area contributed by atoms with Crippen LogP contribution in [0.25, 0.3) is 11.3 Å². The number of fused-ring (bicyclic) bond motifs is 1. The van der Waals surface area contributed by atoms with Crippen LogP contribution in [0.5, 0.6) is 11.5 Å². The minimum Gasteiger partial charge on any atom is -0.454 e. The number of halogens is 1. The number of ether oxygens (including phenoxy) is 2. The lowest BCUT2D eigenvalue weighted by Crippen LogP contribution is -2.24. The van der Waals surface area contributed by atoms with Gasteiger partial charge in [-0.2, -0.15) is 0 Å². The normalized spacial score (nSPS) is 12.2. The number of thioether (sulfide) groups is 1. The van der Waals surface area contributed by atoms with Gasteiger partial charge in [-0.25, -0.2) is 4.98 Å². The fraction of sp³-hybridized carbons (Fsp3) is 0.200. The van der Waals surface area contributed by atoms with Crippen LogP contribution in [0.2, 0.25) is 5.02 Å². The number of rotatable bonds is 6. The van der Waals surface area contributed by atoms with Crippen molar-refractivity contribution < 1.29 is 14.3 Å². The molecule has 0 bridgehead atoms. The van der Waals surface area contributed by atoms with Crippen molar-refractivity contribution in [3.05, 3.63) is 59.2 Å². The average Bonchev–Trinajstić information content (AvgIpc) is 3.31. The maximum atomic E-state index is 12.2. The summed E-state index contributed by atoms with van der Waals surface area (Å²) in [6.45, 7) is 0.677. The van der Waals surface area contributed by atoms with E-state index in [-0.39, 0.29) is 18.5 Å². The van der Waals surface area contributed by atoms with Gasteiger partial charge in [0.25, 0.3) is 0 Å². The molecule has 0 radical (unpaired) electrons. The highest BCUT2D eigenvalue weighted by molar-refractivity contribution is 7.99. The molecule has 0 spiro atoms. The predicted octanol–water partition coefficient (Wildman–Crippen LogP) is 3.88. The molecule has 1 aliphatic heterocycles. The number of nitrogens with zero attached hydrogens (tertiary/aromatic N) is 2. The minimum atomic E-state index is -0.0568. The Kier molecular flexibility index (Phi) is 5.45. The van der Waals surface area contributed by atoms with Gasteiger partial charge in [-0.15, -0.1) is 0 Å². The van der Waals surface area contributed by atoms with Gasteiger partial charge in [-0.3, -0.25) is 4.79 Å². The summed E-state index contributed by atoms with van der Waals surface area (Å²) < 4.78 is 12.6. The maximum Gasteiger partial charge on any atom is 0.231 e. The first-order chi connectivity index (χ1) is 13.6. The molecule has 0 saturated heterocycles. The molecular weight excluding hydrogens is 398 g/mol. The first-order valence-electron chi connectivity index (χ1n) is 8.66. The third kappa shape index (κ3) is 4.10. The summed E-state index contributed by atoms with van der Waals surface area (Å²) in [5.41, 5.74) is 2.96. The number of aromatic nitrogens is 2. The standard InChI is InChI=1S/C20H18ClN3O3S/c1-24-16(14-3-5-15(21)6-4-14)10-23-20(24)28-11-19(25)22-9-13-2-7-17-18(8-13)27-12-26-17/h2-8,10H,9,11-12H2,1H3,(H,22,25). The van der Waals surface area contributed by atoms with Crippen molar-refractivity contribution in [2.45, 2.75) is 11.7 Å². The van der Waals surface area contributed by atoms with Crippen molar-refractivity contribution in [3.8, 4) is 22.8 Å². The molecule has 1 aromatic heterocycles. The van der Waals surface area contributed by atoms with Crippen molar-refractivity contribution in [3.63, 3.8) is 0 Å². The Bertz CT molecular complexity index is 1000. The maximum absolute atomic E-state index is 12.2. The van der Waals surface area contributed by atoms with E-state index in [0.29, 0.717) is 17.3 Å². The lowest BCUT2D eigenvalue weighted by Gasteiger charge is -2.07. The molecule has 28 heavy (non-hydrogen) atoms. The van der Waals surface area contributed by atoms with E-state index >= 15 is 0 Å². The third-order valence-corrected chi connectivity index (χ3v) is 5.64. The molecule has 2 heterocycles. The lowest BCUT2D eigenvalue weighted by molar-refractivity contribution is -0.118. The van der Waals surface area contributed by atoms with Crippen molar-refractivity contribution >= 4 is 29.3 Å². The topological polar surface area (TPSA) is 65.4 Å². The summed E-state index contributed by atoms with van der Waals surface area (Å²) in [5.74, 6) is 1.68. The first-order valence-corrected chi connectivity index (χ1v) is 10.0. The van der Waals surface area contributed by atoms with Crippen LogP contribution in [0.4, 0.5) is 0 Å². The van der Waals surface area contributed by atoms with Crippen LogP contribution < -0.4 is 14.8 Å². The summed E-state index contributed by atoms with van der Waals surface area (Å²) >= 11 is 7.34.